The maximum Gasteiger partial charge on any atom is 0.264 e. The van der Waals surface area contributed by atoms with E-state index in [1.165, 1.54) is 12.1 Å². The van der Waals surface area contributed by atoms with E-state index in [4.69, 9.17) is 4.74 Å². The van der Waals surface area contributed by atoms with Crippen LogP contribution in [0.25, 0.3) is 11.3 Å². The smallest absolute Gasteiger partial charge is 0.264 e. The lowest BCUT2D eigenvalue weighted by atomic mass is 9.97. The molecule has 0 aliphatic rings. The first kappa shape index (κ1) is 21.5. The van der Waals surface area contributed by atoms with Crippen LogP contribution in [-0.2, 0) is 10.0 Å². The molecule has 0 amide bonds. The molecule has 1 N–H and O–H groups in total. The van der Waals surface area contributed by atoms with E-state index < -0.39 is 10.0 Å². The standard InChI is InChI=1S/C25H23N3O3S/c1-17-14-18(2)24(19(3)15-17)22-16-23(31-20-10-6-4-7-11-20)27-25(26-22)28-32(29,30)21-12-8-5-9-13-21/h4-16H,1-3H3,(H,26,27,28). The molecule has 0 saturated heterocycles. The number of rotatable bonds is 6. The summed E-state index contributed by atoms with van der Waals surface area (Å²) in [4.78, 5) is 8.97. The largest absolute Gasteiger partial charge is 0.439 e. The molecule has 0 aliphatic heterocycles. The first-order valence-electron chi connectivity index (χ1n) is 10.1. The van der Waals surface area contributed by atoms with Crippen LogP contribution in [0.1, 0.15) is 16.7 Å². The number of sulfonamides is 1. The van der Waals surface area contributed by atoms with Gasteiger partial charge in [0.05, 0.1) is 10.6 Å². The highest BCUT2D eigenvalue weighted by Gasteiger charge is 2.18. The molecule has 162 valence electrons. The van der Waals surface area contributed by atoms with Gasteiger partial charge in [-0.2, -0.15) is 4.98 Å². The van der Waals surface area contributed by atoms with E-state index >= 15 is 0 Å². The number of nitrogens with zero attached hydrogens (tertiary/aromatic N) is 2. The average Bonchev–Trinajstić information content (AvgIpc) is 2.74. The minimum absolute atomic E-state index is 0.0586. The second-order valence-electron chi connectivity index (χ2n) is 7.52. The highest BCUT2D eigenvalue weighted by atomic mass is 32.2. The third kappa shape index (κ3) is 4.78. The fraction of sp³-hybridized carbons (Fsp3) is 0.120. The normalized spacial score (nSPS) is 11.2. The zero-order chi connectivity index (χ0) is 22.7. The van der Waals surface area contributed by atoms with Gasteiger partial charge in [-0.3, -0.25) is 0 Å². The average molecular weight is 446 g/mol. The van der Waals surface area contributed by atoms with E-state index in [1.54, 1.807) is 36.4 Å². The number of hydrogen-bond acceptors (Lipinski definition) is 5. The Morgan fingerprint density at radius 2 is 1.38 bits per heavy atom. The Morgan fingerprint density at radius 3 is 2.00 bits per heavy atom. The van der Waals surface area contributed by atoms with Gasteiger partial charge in [0, 0.05) is 11.6 Å². The fourth-order valence-corrected chi connectivity index (χ4v) is 4.59. The second-order valence-corrected chi connectivity index (χ2v) is 9.20. The van der Waals surface area contributed by atoms with Crippen molar-refractivity contribution in [2.24, 2.45) is 0 Å². The van der Waals surface area contributed by atoms with Crippen molar-refractivity contribution in [3.63, 3.8) is 0 Å². The molecule has 0 aliphatic carbocycles. The summed E-state index contributed by atoms with van der Waals surface area (Å²) in [6, 6.07) is 23.2. The van der Waals surface area contributed by atoms with Crippen molar-refractivity contribution in [3.8, 4) is 22.9 Å². The molecule has 0 bridgehead atoms. The first-order valence-corrected chi connectivity index (χ1v) is 11.6. The van der Waals surface area contributed by atoms with E-state index in [2.05, 4.69) is 26.8 Å². The topological polar surface area (TPSA) is 81.2 Å². The summed E-state index contributed by atoms with van der Waals surface area (Å²) in [5.74, 6) is 0.773. The Balaban J connectivity index is 1.81. The van der Waals surface area contributed by atoms with Crippen LogP contribution in [0.5, 0.6) is 11.6 Å². The molecule has 0 fully saturated rings. The Bertz CT molecular complexity index is 1330. The van der Waals surface area contributed by atoms with Crippen molar-refractivity contribution in [1.29, 1.82) is 0 Å². The molecule has 6 nitrogen and oxygen atoms in total. The quantitative estimate of drug-likeness (QED) is 0.414. The molecule has 32 heavy (non-hydrogen) atoms. The third-order valence-corrected chi connectivity index (χ3v) is 6.22. The first-order chi connectivity index (χ1) is 15.3. The maximum absolute atomic E-state index is 12.9. The molecule has 1 heterocycles. The number of para-hydroxylation sites is 1. The van der Waals surface area contributed by atoms with Gasteiger partial charge in [-0.05, 0) is 56.2 Å². The molecule has 0 unspecified atom stereocenters. The zero-order valence-corrected chi connectivity index (χ0v) is 18.8. The van der Waals surface area contributed by atoms with Gasteiger partial charge >= 0.3 is 0 Å². The summed E-state index contributed by atoms with van der Waals surface area (Å²) in [6.45, 7) is 6.04. The second kappa shape index (κ2) is 8.80. The van der Waals surface area contributed by atoms with Crippen LogP contribution in [0, 0.1) is 20.8 Å². The molecular weight excluding hydrogens is 422 g/mol. The summed E-state index contributed by atoms with van der Waals surface area (Å²) in [6.07, 6.45) is 0. The van der Waals surface area contributed by atoms with Crippen LogP contribution in [0.15, 0.2) is 83.8 Å². The van der Waals surface area contributed by atoms with Crippen LogP contribution in [0.4, 0.5) is 5.95 Å². The highest BCUT2D eigenvalue weighted by molar-refractivity contribution is 7.92. The Kier molecular flexibility index (Phi) is 5.92. The highest BCUT2D eigenvalue weighted by Crippen LogP contribution is 2.31. The van der Waals surface area contributed by atoms with Crippen molar-refractivity contribution < 1.29 is 13.2 Å². The molecule has 1 aromatic heterocycles. The van der Waals surface area contributed by atoms with Gasteiger partial charge in [0.1, 0.15) is 5.75 Å². The molecule has 0 radical (unpaired) electrons. The summed E-state index contributed by atoms with van der Waals surface area (Å²) in [5, 5.41) is 0. The zero-order valence-electron chi connectivity index (χ0n) is 18.0. The summed E-state index contributed by atoms with van der Waals surface area (Å²) >= 11 is 0. The van der Waals surface area contributed by atoms with Gasteiger partial charge in [0.25, 0.3) is 10.0 Å². The summed E-state index contributed by atoms with van der Waals surface area (Å²) in [5.41, 5.74) is 4.69. The van der Waals surface area contributed by atoms with Crippen LogP contribution < -0.4 is 9.46 Å². The van der Waals surface area contributed by atoms with Crippen molar-refractivity contribution in [2.75, 3.05) is 4.72 Å². The third-order valence-electron chi connectivity index (χ3n) is 4.88. The number of anilines is 1. The van der Waals surface area contributed by atoms with Crippen LogP contribution in [0.3, 0.4) is 0 Å². The molecule has 0 saturated carbocycles. The van der Waals surface area contributed by atoms with Crippen molar-refractivity contribution >= 4 is 16.0 Å². The lowest BCUT2D eigenvalue weighted by molar-refractivity contribution is 0.463. The van der Waals surface area contributed by atoms with Gasteiger partial charge in [0.15, 0.2) is 0 Å². The molecule has 0 spiro atoms. The Morgan fingerprint density at radius 1 is 0.781 bits per heavy atom. The fourth-order valence-electron chi connectivity index (χ4n) is 3.62. The van der Waals surface area contributed by atoms with Crippen molar-refractivity contribution in [1.82, 2.24) is 9.97 Å². The maximum atomic E-state index is 12.9. The minimum atomic E-state index is -3.86. The number of benzene rings is 3. The Labute approximate surface area is 188 Å². The predicted octanol–water partition coefficient (Wildman–Crippen LogP) is 5.66. The van der Waals surface area contributed by atoms with E-state index in [0.29, 0.717) is 11.4 Å². The number of aromatic nitrogens is 2. The van der Waals surface area contributed by atoms with Crippen LogP contribution in [0.2, 0.25) is 0 Å². The van der Waals surface area contributed by atoms with E-state index in [-0.39, 0.29) is 16.7 Å². The van der Waals surface area contributed by atoms with Crippen molar-refractivity contribution in [3.05, 3.63) is 95.6 Å². The van der Waals surface area contributed by atoms with Gasteiger partial charge < -0.3 is 4.74 Å². The van der Waals surface area contributed by atoms with Gasteiger partial charge in [-0.25, -0.2) is 18.1 Å². The van der Waals surface area contributed by atoms with E-state index in [0.717, 1.165) is 22.3 Å². The Hall–Kier alpha value is -3.71. The number of hydrogen-bond donors (Lipinski definition) is 1. The van der Waals surface area contributed by atoms with E-state index in [9.17, 15) is 8.42 Å². The van der Waals surface area contributed by atoms with Gasteiger partial charge in [0.2, 0.25) is 11.8 Å². The monoisotopic (exact) mass is 445 g/mol. The molecule has 4 rings (SSSR count). The summed E-state index contributed by atoms with van der Waals surface area (Å²) in [7, 11) is -3.86. The molecule has 0 atom stereocenters. The molecule has 7 heteroatoms. The summed E-state index contributed by atoms with van der Waals surface area (Å²) < 4.78 is 34.1. The number of ether oxygens (including phenoxy) is 1. The lowest BCUT2D eigenvalue weighted by Crippen LogP contribution is -2.15. The molecular formula is C25H23N3O3S. The number of nitrogens with one attached hydrogen (secondary N) is 1. The minimum Gasteiger partial charge on any atom is -0.439 e. The van der Waals surface area contributed by atoms with E-state index in [1.807, 2.05) is 39.0 Å². The van der Waals surface area contributed by atoms with Crippen LogP contribution in [-0.4, -0.2) is 18.4 Å². The van der Waals surface area contributed by atoms with Gasteiger partial charge in [-0.15, -0.1) is 0 Å². The number of aryl methyl sites for hydroxylation is 3. The lowest BCUT2D eigenvalue weighted by Gasteiger charge is -2.14. The van der Waals surface area contributed by atoms with Crippen molar-refractivity contribution in [2.45, 2.75) is 25.7 Å². The SMILES string of the molecule is Cc1cc(C)c(-c2cc(Oc3ccccc3)nc(NS(=O)(=O)c3ccccc3)n2)c(C)c1. The van der Waals surface area contributed by atoms with Gasteiger partial charge in [-0.1, -0.05) is 54.1 Å². The predicted molar refractivity (Wildman–Crippen MR) is 125 cm³/mol. The molecule has 4 aromatic rings. The molecule has 3 aromatic carbocycles. The van der Waals surface area contributed by atoms with Crippen LogP contribution >= 0.6 is 0 Å².